The summed E-state index contributed by atoms with van der Waals surface area (Å²) in [6.45, 7) is 3.81. The molecule has 0 spiro atoms. The highest BCUT2D eigenvalue weighted by molar-refractivity contribution is 7.10. The van der Waals surface area contributed by atoms with Crippen LogP contribution in [0.2, 0.25) is 0 Å². The monoisotopic (exact) mass is 380 g/mol. The molecule has 0 aliphatic heterocycles. The molecule has 9 heteroatoms. The van der Waals surface area contributed by atoms with Gasteiger partial charge in [0.2, 0.25) is 11.7 Å². The van der Waals surface area contributed by atoms with Crippen LogP contribution in [0.5, 0.6) is 5.88 Å². The van der Waals surface area contributed by atoms with Crippen LogP contribution in [-0.4, -0.2) is 34.5 Å². The average molecular weight is 380 g/mol. The Kier molecular flexibility index (Phi) is 4.08. The zero-order valence-corrected chi connectivity index (χ0v) is 15.7. The van der Waals surface area contributed by atoms with Crippen molar-refractivity contribution < 1.29 is 5.11 Å². The number of aromatic nitrogens is 6. The van der Waals surface area contributed by atoms with Crippen LogP contribution in [0.25, 0.3) is 29.3 Å². The van der Waals surface area contributed by atoms with Crippen molar-refractivity contribution in [2.75, 3.05) is 0 Å². The van der Waals surface area contributed by atoms with E-state index in [4.69, 9.17) is 0 Å². The number of pyridine rings is 1. The van der Waals surface area contributed by atoms with Crippen LogP contribution < -0.4 is 10.1 Å². The van der Waals surface area contributed by atoms with E-state index in [9.17, 15) is 9.90 Å². The lowest BCUT2D eigenvalue weighted by Gasteiger charge is -1.97. The maximum atomic E-state index is 11.6. The van der Waals surface area contributed by atoms with E-state index in [1.807, 2.05) is 38.1 Å². The molecule has 1 N–H and O–H groups in total. The molecule has 0 aliphatic carbocycles. The first-order valence-corrected chi connectivity index (χ1v) is 9.00. The summed E-state index contributed by atoms with van der Waals surface area (Å²) >= 11 is 0.982. The fraction of sp³-hybridized carbons (Fsp3) is 0.167. The van der Waals surface area contributed by atoms with Gasteiger partial charge in [-0.3, -0.25) is 9.36 Å². The molecule has 0 unspecified atom stereocenters. The molecule has 0 atom stereocenters. The molecule has 0 bridgehead atoms. The Morgan fingerprint density at radius 1 is 1.22 bits per heavy atom. The second-order valence-corrected chi connectivity index (χ2v) is 7.06. The molecule has 0 fully saturated rings. The van der Waals surface area contributed by atoms with E-state index in [2.05, 4.69) is 20.3 Å². The molecule has 4 aromatic rings. The Labute approximate surface area is 157 Å². The van der Waals surface area contributed by atoms with Gasteiger partial charge in [0.25, 0.3) is 0 Å². The molecule has 0 saturated heterocycles. The number of hydrogen-bond donors (Lipinski definition) is 1. The third-order valence-electron chi connectivity index (χ3n) is 4.16. The lowest BCUT2D eigenvalue weighted by Crippen LogP contribution is -2.05. The lowest BCUT2D eigenvalue weighted by atomic mass is 10.3. The van der Waals surface area contributed by atoms with Crippen LogP contribution in [0.15, 0.2) is 29.1 Å². The Morgan fingerprint density at radius 2 is 2.04 bits per heavy atom. The van der Waals surface area contributed by atoms with Gasteiger partial charge in [0.15, 0.2) is 5.65 Å². The summed E-state index contributed by atoms with van der Waals surface area (Å²) in [5.41, 5.74) is 3.02. The number of hydrogen-bond acceptors (Lipinski definition) is 7. The summed E-state index contributed by atoms with van der Waals surface area (Å²) < 4.78 is 2.88. The number of allylic oxidation sites excluding steroid dienone is 1. The van der Waals surface area contributed by atoms with Crippen molar-refractivity contribution in [2.45, 2.75) is 13.8 Å². The summed E-state index contributed by atoms with van der Waals surface area (Å²) in [6, 6.07) is 5.71. The second-order valence-electron chi connectivity index (χ2n) is 6.06. The van der Waals surface area contributed by atoms with Crippen LogP contribution in [0, 0.1) is 13.8 Å². The second kappa shape index (κ2) is 6.44. The minimum Gasteiger partial charge on any atom is -0.493 e. The van der Waals surface area contributed by atoms with Gasteiger partial charge in [0.1, 0.15) is 5.69 Å². The molecule has 136 valence electrons. The topological polar surface area (TPSA) is 98.2 Å². The highest BCUT2D eigenvalue weighted by Gasteiger charge is 2.14. The molecule has 4 aromatic heterocycles. The Morgan fingerprint density at radius 3 is 2.74 bits per heavy atom. The van der Waals surface area contributed by atoms with E-state index in [0.29, 0.717) is 22.0 Å². The van der Waals surface area contributed by atoms with Crippen molar-refractivity contribution in [3.05, 3.63) is 55.4 Å². The minimum atomic E-state index is -0.214. The molecule has 0 radical (unpaired) electrons. The molecule has 4 heterocycles. The van der Waals surface area contributed by atoms with Crippen LogP contribution in [0.4, 0.5) is 0 Å². The van der Waals surface area contributed by atoms with Crippen molar-refractivity contribution >= 4 is 29.1 Å². The number of fused-ring (bicyclic) bond motifs is 1. The van der Waals surface area contributed by atoms with Crippen molar-refractivity contribution in [3.63, 3.8) is 0 Å². The van der Waals surface area contributed by atoms with Crippen molar-refractivity contribution in [3.8, 4) is 17.4 Å². The van der Waals surface area contributed by atoms with Crippen LogP contribution >= 0.6 is 11.3 Å². The van der Waals surface area contributed by atoms with Gasteiger partial charge in [-0.2, -0.15) is 9.61 Å². The highest BCUT2D eigenvalue weighted by Crippen LogP contribution is 2.20. The summed E-state index contributed by atoms with van der Waals surface area (Å²) in [5, 5.41) is 23.7. The minimum absolute atomic E-state index is 0.0487. The highest BCUT2D eigenvalue weighted by atomic mass is 32.1. The summed E-state index contributed by atoms with van der Waals surface area (Å²) in [5.74, 6) is 0.534. The number of nitrogens with zero attached hydrogens (tertiary/aromatic N) is 6. The number of aryl methyl sites for hydroxylation is 2. The smallest absolute Gasteiger partial charge is 0.310 e. The van der Waals surface area contributed by atoms with E-state index in [0.717, 1.165) is 27.9 Å². The molecule has 4 rings (SSSR count). The zero-order chi connectivity index (χ0) is 19.1. The van der Waals surface area contributed by atoms with Crippen molar-refractivity contribution in [2.24, 2.45) is 7.05 Å². The predicted octanol–water partition coefficient (Wildman–Crippen LogP) is 1.48. The number of thiazole rings is 1. The molecule has 8 nitrogen and oxygen atoms in total. The molecule has 0 amide bonds. The first-order valence-electron chi connectivity index (χ1n) is 8.18. The molecule has 0 aromatic carbocycles. The van der Waals surface area contributed by atoms with Gasteiger partial charge in [0.05, 0.1) is 10.6 Å². The fourth-order valence-electron chi connectivity index (χ4n) is 2.73. The third kappa shape index (κ3) is 2.91. The van der Waals surface area contributed by atoms with E-state index in [1.165, 1.54) is 11.6 Å². The quantitative estimate of drug-likeness (QED) is 0.578. The Balaban J connectivity index is 1.78. The standard InChI is InChI=1S/C18H16N6O2S/c1-10-6-4-8-13(19-10)16-21-20-15-12(11(2)22-24(15)16)7-5-9-14-17(25)23(3)18(26)27-14/h4-9,25H,1-3H3. The number of aromatic hydroxyl groups is 1. The normalized spacial score (nSPS) is 12.6. The fourth-order valence-corrected chi connectivity index (χ4v) is 3.52. The van der Waals surface area contributed by atoms with Crippen molar-refractivity contribution in [1.29, 1.82) is 0 Å². The lowest BCUT2D eigenvalue weighted by molar-refractivity contribution is 0.428. The first-order chi connectivity index (χ1) is 13.0. The summed E-state index contributed by atoms with van der Waals surface area (Å²) in [7, 11) is 1.53. The average Bonchev–Trinajstić information content (AvgIpc) is 3.25. The van der Waals surface area contributed by atoms with Crippen LogP contribution in [0.3, 0.4) is 0 Å². The maximum Gasteiger partial charge on any atom is 0.310 e. The van der Waals surface area contributed by atoms with Crippen LogP contribution in [0.1, 0.15) is 16.3 Å². The number of rotatable bonds is 3. The van der Waals surface area contributed by atoms with Crippen LogP contribution in [-0.2, 0) is 7.05 Å². The summed E-state index contributed by atoms with van der Waals surface area (Å²) in [4.78, 5) is 16.3. The molecule has 0 aliphatic rings. The molecule has 27 heavy (non-hydrogen) atoms. The SMILES string of the molecule is Cc1cccc(-c2nnc3c(=CC=Cc4sc(=O)n(C)c4O)c(C)nn23)n1. The van der Waals surface area contributed by atoms with E-state index in [1.54, 1.807) is 16.7 Å². The van der Waals surface area contributed by atoms with E-state index < -0.39 is 0 Å². The molecular weight excluding hydrogens is 364 g/mol. The van der Waals surface area contributed by atoms with Gasteiger partial charge >= 0.3 is 4.87 Å². The van der Waals surface area contributed by atoms with E-state index in [-0.39, 0.29) is 10.8 Å². The zero-order valence-electron chi connectivity index (χ0n) is 14.9. The van der Waals surface area contributed by atoms with Gasteiger partial charge in [-0.05, 0) is 38.1 Å². The van der Waals surface area contributed by atoms with E-state index >= 15 is 0 Å². The van der Waals surface area contributed by atoms with Gasteiger partial charge < -0.3 is 5.11 Å². The predicted molar refractivity (Wildman–Crippen MR) is 103 cm³/mol. The molecule has 0 saturated carbocycles. The first kappa shape index (κ1) is 17.1. The van der Waals surface area contributed by atoms with Gasteiger partial charge in [0, 0.05) is 18.0 Å². The van der Waals surface area contributed by atoms with Gasteiger partial charge in [-0.1, -0.05) is 23.5 Å². The third-order valence-corrected chi connectivity index (χ3v) is 5.15. The summed E-state index contributed by atoms with van der Waals surface area (Å²) in [6.07, 6.45) is 5.28. The Bertz CT molecular complexity index is 1300. The van der Waals surface area contributed by atoms with Gasteiger partial charge in [-0.25, -0.2) is 4.98 Å². The molecular formula is C18H16N6O2S. The largest absolute Gasteiger partial charge is 0.493 e. The van der Waals surface area contributed by atoms with Crippen molar-refractivity contribution in [1.82, 2.24) is 29.4 Å². The Hall–Kier alpha value is -3.33. The maximum absolute atomic E-state index is 11.6. The van der Waals surface area contributed by atoms with Gasteiger partial charge in [-0.15, -0.1) is 10.2 Å².